The average molecular weight is 232 g/mol. The largest absolute Gasteiger partial charge is 0.336 e. The van der Waals surface area contributed by atoms with Crippen molar-refractivity contribution in [3.05, 3.63) is 0 Å². The molecule has 1 unspecified atom stereocenters. The average Bonchev–Trinajstić information content (AvgIpc) is 1.78. The predicted octanol–water partition coefficient (Wildman–Crippen LogP) is 1.46. The first-order valence-corrected chi connectivity index (χ1v) is 12.1. The Morgan fingerprint density at radius 2 is 1.27 bits per heavy atom. The van der Waals surface area contributed by atoms with Crippen LogP contribution < -0.4 is 9.96 Å². The zero-order valence-corrected chi connectivity index (χ0v) is 14.3. The molecule has 0 saturated heterocycles. The van der Waals surface area contributed by atoms with E-state index in [4.69, 9.17) is 0 Å². The molecule has 2 radical (unpaired) electrons. The van der Waals surface area contributed by atoms with Gasteiger partial charge in [0.2, 0.25) is 0 Å². The fourth-order valence-corrected chi connectivity index (χ4v) is 3.75. The second-order valence-corrected chi connectivity index (χ2v) is 15.6. The molecule has 82 valence electrons. The standard InChI is InChI=1S/C9H26N2Si2.2Li/c1-9(11-13(5,6)7)8-10-12(2,3)4;;/h9-11H,8H2,1-7H3;;. The Morgan fingerprint density at radius 1 is 0.867 bits per heavy atom. The third-order valence-corrected chi connectivity index (χ3v) is 4.24. The van der Waals surface area contributed by atoms with E-state index in [0.717, 1.165) is 6.54 Å². The van der Waals surface area contributed by atoms with Gasteiger partial charge < -0.3 is 9.96 Å². The fourth-order valence-electron chi connectivity index (χ4n) is 1.25. The molecule has 0 aromatic heterocycles. The molecule has 0 heterocycles. The minimum Gasteiger partial charge on any atom is -0.336 e. The molecule has 0 spiro atoms. The minimum atomic E-state index is -1.09. The summed E-state index contributed by atoms with van der Waals surface area (Å²) >= 11 is 0. The topological polar surface area (TPSA) is 24.1 Å². The molecule has 2 N–H and O–H groups in total. The molecule has 0 aliphatic rings. The van der Waals surface area contributed by atoms with Crippen molar-refractivity contribution in [2.24, 2.45) is 0 Å². The quantitative estimate of drug-likeness (QED) is 0.701. The summed E-state index contributed by atoms with van der Waals surface area (Å²) in [5, 5.41) is 0. The van der Waals surface area contributed by atoms with Crippen LogP contribution in [0.3, 0.4) is 0 Å². The van der Waals surface area contributed by atoms with Crippen molar-refractivity contribution in [3.63, 3.8) is 0 Å². The molecular formula is C9H26Li2N2Si2. The second kappa shape index (κ2) is 8.61. The van der Waals surface area contributed by atoms with Gasteiger partial charge in [-0.25, -0.2) is 0 Å². The maximum Gasteiger partial charge on any atom is 0.116 e. The van der Waals surface area contributed by atoms with Gasteiger partial charge in [-0.2, -0.15) is 0 Å². The van der Waals surface area contributed by atoms with Crippen molar-refractivity contribution in [1.29, 1.82) is 0 Å². The van der Waals surface area contributed by atoms with Crippen molar-refractivity contribution in [2.75, 3.05) is 6.54 Å². The van der Waals surface area contributed by atoms with Crippen LogP contribution in [-0.4, -0.2) is 66.8 Å². The van der Waals surface area contributed by atoms with Crippen molar-refractivity contribution in [3.8, 4) is 0 Å². The molecule has 0 aliphatic heterocycles. The van der Waals surface area contributed by atoms with Gasteiger partial charge in [0.15, 0.2) is 0 Å². The van der Waals surface area contributed by atoms with E-state index in [9.17, 15) is 0 Å². The molecular weight excluding hydrogens is 206 g/mol. The van der Waals surface area contributed by atoms with Crippen molar-refractivity contribution < 1.29 is 0 Å². The first kappa shape index (κ1) is 21.8. The van der Waals surface area contributed by atoms with Gasteiger partial charge in [0.25, 0.3) is 0 Å². The molecule has 1 atom stereocenters. The van der Waals surface area contributed by atoms with Gasteiger partial charge in [-0.1, -0.05) is 39.3 Å². The van der Waals surface area contributed by atoms with Gasteiger partial charge in [-0.3, -0.25) is 0 Å². The van der Waals surface area contributed by atoms with Gasteiger partial charge in [-0.05, 0) is 6.92 Å². The SMILES string of the molecule is CC(CN[Si](C)(C)C)N[Si](C)(C)C.[Li].[Li]. The van der Waals surface area contributed by atoms with E-state index < -0.39 is 16.5 Å². The van der Waals surface area contributed by atoms with Crippen LogP contribution in [0.4, 0.5) is 0 Å². The zero-order valence-electron chi connectivity index (χ0n) is 12.3. The van der Waals surface area contributed by atoms with Gasteiger partial charge in [0.05, 0.1) is 0 Å². The summed E-state index contributed by atoms with van der Waals surface area (Å²) in [7, 11) is -2.16. The smallest absolute Gasteiger partial charge is 0.116 e. The molecule has 0 rings (SSSR count). The Kier molecular flexibility index (Phi) is 12.5. The van der Waals surface area contributed by atoms with Crippen molar-refractivity contribution >= 4 is 54.2 Å². The van der Waals surface area contributed by atoms with E-state index in [1.165, 1.54) is 0 Å². The Labute approximate surface area is 122 Å². The van der Waals surface area contributed by atoms with Crippen LogP contribution in [0.2, 0.25) is 39.3 Å². The predicted molar refractivity (Wildman–Crippen MR) is 78.8 cm³/mol. The van der Waals surface area contributed by atoms with Gasteiger partial charge in [0, 0.05) is 50.3 Å². The molecule has 0 amide bonds. The molecule has 15 heavy (non-hydrogen) atoms. The zero-order chi connectivity index (χ0) is 10.7. The third-order valence-electron chi connectivity index (χ3n) is 1.62. The van der Waals surface area contributed by atoms with E-state index in [2.05, 4.69) is 56.2 Å². The number of hydrogen-bond donors (Lipinski definition) is 2. The van der Waals surface area contributed by atoms with Crippen LogP contribution in [0.5, 0.6) is 0 Å². The normalized spacial score (nSPS) is 13.8. The van der Waals surface area contributed by atoms with Gasteiger partial charge in [-0.15, -0.1) is 0 Å². The first-order valence-electron chi connectivity index (χ1n) is 5.13. The summed E-state index contributed by atoms with van der Waals surface area (Å²) in [4.78, 5) is 7.33. The molecule has 0 aromatic rings. The molecule has 0 aromatic carbocycles. The maximum atomic E-state index is 3.69. The fraction of sp³-hybridized carbons (Fsp3) is 1.00. The summed E-state index contributed by atoms with van der Waals surface area (Å²) in [6.07, 6.45) is 0. The molecule has 6 heteroatoms. The molecule has 2 nitrogen and oxygen atoms in total. The third kappa shape index (κ3) is 18.1. The Hall–Kier alpha value is 1.55. The first-order chi connectivity index (χ1) is 5.60. The van der Waals surface area contributed by atoms with Gasteiger partial charge in [0.1, 0.15) is 16.5 Å². The van der Waals surface area contributed by atoms with Crippen molar-refractivity contribution in [2.45, 2.75) is 52.2 Å². The van der Waals surface area contributed by atoms with E-state index in [1.807, 2.05) is 0 Å². The maximum absolute atomic E-state index is 3.69. The summed E-state index contributed by atoms with van der Waals surface area (Å²) in [6.45, 7) is 17.4. The molecule has 0 fully saturated rings. The molecule has 0 bridgehead atoms. The second-order valence-electron chi connectivity index (χ2n) is 5.93. The van der Waals surface area contributed by atoms with Crippen LogP contribution in [0.25, 0.3) is 0 Å². The summed E-state index contributed by atoms with van der Waals surface area (Å²) < 4.78 is 0. The van der Waals surface area contributed by atoms with Crippen LogP contribution in [-0.2, 0) is 0 Å². The summed E-state index contributed by atoms with van der Waals surface area (Å²) in [5.74, 6) is 0. The van der Waals surface area contributed by atoms with Crippen LogP contribution in [0.1, 0.15) is 6.92 Å². The van der Waals surface area contributed by atoms with E-state index >= 15 is 0 Å². The summed E-state index contributed by atoms with van der Waals surface area (Å²) in [6, 6.07) is 0.610. The molecule has 0 aliphatic carbocycles. The monoisotopic (exact) mass is 232 g/mol. The Morgan fingerprint density at radius 3 is 1.53 bits per heavy atom. The molecule has 0 saturated carbocycles. The number of hydrogen-bond acceptors (Lipinski definition) is 2. The number of nitrogens with one attached hydrogen (secondary N) is 2. The van der Waals surface area contributed by atoms with E-state index in [1.54, 1.807) is 0 Å². The van der Waals surface area contributed by atoms with E-state index in [0.29, 0.717) is 6.04 Å². The summed E-state index contributed by atoms with van der Waals surface area (Å²) in [5.41, 5.74) is 0. The van der Waals surface area contributed by atoms with E-state index in [-0.39, 0.29) is 37.7 Å². The van der Waals surface area contributed by atoms with Crippen LogP contribution in [0.15, 0.2) is 0 Å². The Balaban J connectivity index is -0.000000720. The Bertz CT molecular complexity index is 155. The van der Waals surface area contributed by atoms with Crippen molar-refractivity contribution in [1.82, 2.24) is 9.96 Å². The minimum absolute atomic E-state index is 0. The van der Waals surface area contributed by atoms with Crippen LogP contribution in [0, 0.1) is 0 Å². The van der Waals surface area contributed by atoms with Crippen LogP contribution >= 0.6 is 0 Å². The van der Waals surface area contributed by atoms with Gasteiger partial charge >= 0.3 is 0 Å². The number of rotatable bonds is 5.